The van der Waals surface area contributed by atoms with Crippen LogP contribution in [0.5, 0.6) is 23.0 Å². The minimum absolute atomic E-state index is 0.0680. The van der Waals surface area contributed by atoms with E-state index in [0.717, 1.165) is 0 Å². The zero-order chi connectivity index (χ0) is 20.0. The molecule has 1 amide bonds. The summed E-state index contributed by atoms with van der Waals surface area (Å²) in [6, 6.07) is 9.00. The van der Waals surface area contributed by atoms with Crippen molar-refractivity contribution in [3.05, 3.63) is 42.0 Å². The number of carbonyl (C=O) groups is 2. The highest BCUT2D eigenvalue weighted by Crippen LogP contribution is 2.30. The molecule has 0 saturated heterocycles. The lowest BCUT2D eigenvalue weighted by molar-refractivity contribution is -0.123. The van der Waals surface area contributed by atoms with E-state index in [1.807, 2.05) is 0 Å². The van der Waals surface area contributed by atoms with E-state index in [0.29, 0.717) is 22.9 Å². The van der Waals surface area contributed by atoms with E-state index in [-0.39, 0.29) is 11.3 Å². The third kappa shape index (κ3) is 4.81. The monoisotopic (exact) mass is 375 g/mol. The maximum Gasteiger partial charge on any atom is 0.342 e. The number of phenolic OH excluding ortho intramolecular Hbond substituents is 1. The van der Waals surface area contributed by atoms with Crippen molar-refractivity contribution in [2.45, 2.75) is 13.0 Å². The SMILES string of the molecule is COc1ccc(C(=O)O[C@@H](C)C(=O)Nc2ccc(OC)c(OC)c2)c(O)c1. The number of hydrogen-bond donors (Lipinski definition) is 2. The first-order chi connectivity index (χ1) is 12.9. The quantitative estimate of drug-likeness (QED) is 0.717. The number of rotatable bonds is 7. The van der Waals surface area contributed by atoms with Crippen LogP contribution in [0.25, 0.3) is 0 Å². The lowest BCUT2D eigenvalue weighted by atomic mass is 10.2. The molecule has 2 aromatic carbocycles. The molecule has 0 radical (unpaired) electrons. The van der Waals surface area contributed by atoms with E-state index < -0.39 is 18.0 Å². The van der Waals surface area contributed by atoms with Crippen LogP contribution >= 0.6 is 0 Å². The maximum absolute atomic E-state index is 12.3. The highest BCUT2D eigenvalue weighted by molar-refractivity contribution is 5.98. The number of anilines is 1. The average Bonchev–Trinajstić information content (AvgIpc) is 2.67. The Morgan fingerprint density at radius 1 is 0.963 bits per heavy atom. The van der Waals surface area contributed by atoms with Crippen LogP contribution in [0, 0.1) is 0 Å². The molecule has 0 aliphatic heterocycles. The number of nitrogens with one attached hydrogen (secondary N) is 1. The second-order valence-corrected chi connectivity index (χ2v) is 5.49. The molecule has 0 aliphatic carbocycles. The van der Waals surface area contributed by atoms with Gasteiger partial charge in [-0.2, -0.15) is 0 Å². The molecule has 8 heteroatoms. The molecule has 0 spiro atoms. The minimum Gasteiger partial charge on any atom is -0.507 e. The van der Waals surface area contributed by atoms with Crippen molar-refractivity contribution < 1.29 is 33.6 Å². The predicted molar refractivity (Wildman–Crippen MR) is 97.7 cm³/mol. The molecule has 2 rings (SSSR count). The van der Waals surface area contributed by atoms with Crippen LogP contribution in [0.15, 0.2) is 36.4 Å². The Bertz CT molecular complexity index is 835. The fraction of sp³-hybridized carbons (Fsp3) is 0.263. The summed E-state index contributed by atoms with van der Waals surface area (Å²) in [5.74, 6) is -0.308. The zero-order valence-electron chi connectivity index (χ0n) is 15.4. The highest BCUT2D eigenvalue weighted by atomic mass is 16.5. The largest absolute Gasteiger partial charge is 0.507 e. The number of hydrogen-bond acceptors (Lipinski definition) is 7. The summed E-state index contributed by atoms with van der Waals surface area (Å²) in [7, 11) is 4.43. The number of carbonyl (C=O) groups excluding carboxylic acids is 2. The average molecular weight is 375 g/mol. The van der Waals surface area contributed by atoms with Crippen LogP contribution in [0.1, 0.15) is 17.3 Å². The van der Waals surface area contributed by atoms with Crippen LogP contribution in [0.2, 0.25) is 0 Å². The summed E-state index contributed by atoms with van der Waals surface area (Å²) < 4.78 is 20.4. The van der Waals surface area contributed by atoms with Crippen molar-refractivity contribution in [3.63, 3.8) is 0 Å². The van der Waals surface area contributed by atoms with Gasteiger partial charge in [-0.3, -0.25) is 4.79 Å². The normalized spacial score (nSPS) is 11.3. The summed E-state index contributed by atoms with van der Waals surface area (Å²) in [5, 5.41) is 12.5. The van der Waals surface area contributed by atoms with E-state index in [9.17, 15) is 14.7 Å². The molecule has 8 nitrogen and oxygen atoms in total. The van der Waals surface area contributed by atoms with Crippen molar-refractivity contribution in [2.75, 3.05) is 26.6 Å². The highest BCUT2D eigenvalue weighted by Gasteiger charge is 2.21. The van der Waals surface area contributed by atoms with Crippen LogP contribution in [-0.2, 0) is 9.53 Å². The van der Waals surface area contributed by atoms with Gasteiger partial charge in [0.2, 0.25) is 0 Å². The number of phenols is 1. The Morgan fingerprint density at radius 3 is 2.26 bits per heavy atom. The second-order valence-electron chi connectivity index (χ2n) is 5.49. The van der Waals surface area contributed by atoms with Gasteiger partial charge in [0.05, 0.1) is 21.3 Å². The molecular formula is C19H21NO7. The third-order valence-electron chi connectivity index (χ3n) is 3.73. The first-order valence-electron chi connectivity index (χ1n) is 8.00. The van der Waals surface area contributed by atoms with Gasteiger partial charge in [-0.25, -0.2) is 4.79 Å². The molecule has 2 aromatic rings. The van der Waals surface area contributed by atoms with E-state index in [4.69, 9.17) is 18.9 Å². The van der Waals surface area contributed by atoms with Gasteiger partial charge in [-0.05, 0) is 31.2 Å². The third-order valence-corrected chi connectivity index (χ3v) is 3.73. The van der Waals surface area contributed by atoms with Crippen LogP contribution in [0.3, 0.4) is 0 Å². The van der Waals surface area contributed by atoms with Gasteiger partial charge >= 0.3 is 5.97 Å². The van der Waals surface area contributed by atoms with Gasteiger partial charge in [0.15, 0.2) is 17.6 Å². The molecule has 0 aliphatic rings. The van der Waals surface area contributed by atoms with Crippen molar-refractivity contribution in [3.8, 4) is 23.0 Å². The summed E-state index contributed by atoms with van der Waals surface area (Å²) in [6.07, 6.45) is -1.09. The molecule has 0 aromatic heterocycles. The van der Waals surface area contributed by atoms with E-state index in [1.54, 1.807) is 18.2 Å². The summed E-state index contributed by atoms with van der Waals surface area (Å²) in [4.78, 5) is 24.5. The Morgan fingerprint density at radius 2 is 1.67 bits per heavy atom. The molecule has 0 unspecified atom stereocenters. The van der Waals surface area contributed by atoms with Crippen molar-refractivity contribution in [1.82, 2.24) is 0 Å². The number of benzene rings is 2. The summed E-state index contributed by atoms with van der Waals surface area (Å²) in [5.41, 5.74) is 0.384. The zero-order valence-corrected chi connectivity index (χ0v) is 15.4. The fourth-order valence-corrected chi connectivity index (χ4v) is 2.25. The van der Waals surface area contributed by atoms with Crippen LogP contribution in [-0.4, -0.2) is 44.4 Å². The minimum atomic E-state index is -1.09. The fourth-order valence-electron chi connectivity index (χ4n) is 2.25. The predicted octanol–water partition coefficient (Wildman–Crippen LogP) is 2.60. The van der Waals surface area contributed by atoms with E-state index in [2.05, 4.69) is 5.32 Å². The van der Waals surface area contributed by atoms with Crippen LogP contribution in [0.4, 0.5) is 5.69 Å². The van der Waals surface area contributed by atoms with Gasteiger partial charge in [-0.15, -0.1) is 0 Å². The van der Waals surface area contributed by atoms with E-state index >= 15 is 0 Å². The second kappa shape index (κ2) is 8.79. The maximum atomic E-state index is 12.3. The first kappa shape index (κ1) is 19.9. The first-order valence-corrected chi connectivity index (χ1v) is 8.00. The number of methoxy groups -OCH3 is 3. The van der Waals surface area contributed by atoms with Gasteiger partial charge in [-0.1, -0.05) is 0 Å². The Labute approximate surface area is 156 Å². The van der Waals surface area contributed by atoms with E-state index in [1.165, 1.54) is 46.5 Å². The molecule has 0 fully saturated rings. The van der Waals surface area contributed by atoms with Crippen LogP contribution < -0.4 is 19.5 Å². The lowest BCUT2D eigenvalue weighted by Crippen LogP contribution is -2.30. The molecule has 2 N–H and O–H groups in total. The van der Waals surface area contributed by atoms with Crippen molar-refractivity contribution >= 4 is 17.6 Å². The molecule has 1 atom stereocenters. The standard InChI is InChI=1S/C19H21NO7/c1-11(27-19(23)14-7-6-13(24-2)10-15(14)21)18(22)20-12-5-8-16(25-3)17(9-12)26-4/h5-11,21H,1-4H3,(H,20,22)/t11-/m0/s1. The Balaban J connectivity index is 2.04. The molecule has 0 saturated carbocycles. The van der Waals surface area contributed by atoms with Crippen molar-refractivity contribution in [1.29, 1.82) is 0 Å². The molecule has 0 heterocycles. The molecule has 0 bridgehead atoms. The number of aromatic hydroxyl groups is 1. The number of esters is 1. The summed E-state index contributed by atoms with van der Waals surface area (Å²) >= 11 is 0. The van der Waals surface area contributed by atoms with Gasteiger partial charge in [0, 0.05) is 17.8 Å². The van der Waals surface area contributed by atoms with Gasteiger partial charge in [0.1, 0.15) is 17.1 Å². The molecular weight excluding hydrogens is 354 g/mol. The molecule has 27 heavy (non-hydrogen) atoms. The summed E-state index contributed by atoms with van der Waals surface area (Å²) in [6.45, 7) is 1.43. The number of amides is 1. The topological polar surface area (TPSA) is 103 Å². The Kier molecular flexibility index (Phi) is 6.48. The lowest BCUT2D eigenvalue weighted by Gasteiger charge is -2.15. The smallest absolute Gasteiger partial charge is 0.342 e. The number of ether oxygens (including phenoxy) is 4. The Hall–Kier alpha value is -3.42. The van der Waals surface area contributed by atoms with Crippen molar-refractivity contribution in [2.24, 2.45) is 0 Å². The van der Waals surface area contributed by atoms with Gasteiger partial charge < -0.3 is 29.4 Å². The molecule has 144 valence electrons. The van der Waals surface area contributed by atoms with Gasteiger partial charge in [0.25, 0.3) is 5.91 Å².